The number of urea groups is 1. The molecule has 0 saturated carbocycles. The number of benzene rings is 2. The van der Waals surface area contributed by atoms with E-state index >= 15 is 0 Å². The minimum atomic E-state index is -2.95. The standard InChI is InChI=1S/C20H23F3N2O3/c1-4-25(13(2)15-6-8-16(21)9-7-15)20(26)24-12-14-5-10-17(28-19(22)23)18(11-14)27-3/h5-11,13,19H,4,12H2,1-3H3,(H,24,26). The molecule has 0 saturated heterocycles. The lowest BCUT2D eigenvalue weighted by Crippen LogP contribution is -2.41. The van der Waals surface area contributed by atoms with Gasteiger partial charge in [0.05, 0.1) is 13.2 Å². The molecular weight excluding hydrogens is 373 g/mol. The molecule has 0 heterocycles. The minimum Gasteiger partial charge on any atom is -0.493 e. The van der Waals surface area contributed by atoms with Crippen LogP contribution in [-0.4, -0.2) is 31.2 Å². The van der Waals surface area contributed by atoms with E-state index in [-0.39, 0.29) is 35.9 Å². The van der Waals surface area contributed by atoms with Crippen molar-refractivity contribution in [3.63, 3.8) is 0 Å². The van der Waals surface area contributed by atoms with Crippen LogP contribution in [0.2, 0.25) is 0 Å². The third-order valence-electron chi connectivity index (χ3n) is 4.31. The first-order chi connectivity index (χ1) is 13.3. The molecule has 1 N–H and O–H groups in total. The summed E-state index contributed by atoms with van der Waals surface area (Å²) in [6.07, 6.45) is 0. The van der Waals surface area contributed by atoms with Crippen LogP contribution in [-0.2, 0) is 6.54 Å². The summed E-state index contributed by atoms with van der Waals surface area (Å²) in [5.74, 6) is -0.261. The zero-order valence-corrected chi connectivity index (χ0v) is 15.9. The molecule has 152 valence electrons. The molecule has 8 heteroatoms. The Hall–Kier alpha value is -2.90. The fourth-order valence-corrected chi connectivity index (χ4v) is 2.81. The Morgan fingerprint density at radius 3 is 2.39 bits per heavy atom. The van der Waals surface area contributed by atoms with Gasteiger partial charge in [-0.2, -0.15) is 8.78 Å². The van der Waals surface area contributed by atoms with Crippen LogP contribution in [0.25, 0.3) is 0 Å². The number of methoxy groups -OCH3 is 1. The first-order valence-corrected chi connectivity index (χ1v) is 8.77. The lowest BCUT2D eigenvalue weighted by atomic mass is 10.1. The number of amides is 2. The van der Waals surface area contributed by atoms with Crippen LogP contribution in [0.1, 0.15) is 31.0 Å². The molecule has 5 nitrogen and oxygen atoms in total. The van der Waals surface area contributed by atoms with Crippen LogP contribution < -0.4 is 14.8 Å². The third-order valence-corrected chi connectivity index (χ3v) is 4.31. The normalized spacial score (nSPS) is 11.8. The maximum atomic E-state index is 13.1. The number of nitrogens with one attached hydrogen (secondary N) is 1. The van der Waals surface area contributed by atoms with Crippen molar-refractivity contribution >= 4 is 6.03 Å². The monoisotopic (exact) mass is 396 g/mol. The highest BCUT2D eigenvalue weighted by Gasteiger charge is 2.20. The van der Waals surface area contributed by atoms with Crippen molar-refractivity contribution in [3.05, 3.63) is 59.4 Å². The Labute approximate surface area is 162 Å². The molecule has 0 radical (unpaired) electrons. The maximum Gasteiger partial charge on any atom is 0.387 e. The quantitative estimate of drug-likeness (QED) is 0.702. The number of hydrogen-bond donors (Lipinski definition) is 1. The average molecular weight is 396 g/mol. The second-order valence-electron chi connectivity index (χ2n) is 6.04. The van der Waals surface area contributed by atoms with Crippen LogP contribution in [0.3, 0.4) is 0 Å². The highest BCUT2D eigenvalue weighted by Crippen LogP contribution is 2.29. The first-order valence-electron chi connectivity index (χ1n) is 8.77. The van der Waals surface area contributed by atoms with E-state index in [0.29, 0.717) is 12.1 Å². The minimum absolute atomic E-state index is 0.0762. The van der Waals surface area contributed by atoms with Crippen LogP contribution in [0.15, 0.2) is 42.5 Å². The second kappa shape index (κ2) is 9.87. The molecule has 2 aromatic rings. The second-order valence-corrected chi connectivity index (χ2v) is 6.04. The Morgan fingerprint density at radius 1 is 1.14 bits per heavy atom. The van der Waals surface area contributed by atoms with Crippen molar-refractivity contribution in [1.29, 1.82) is 0 Å². The fraction of sp³-hybridized carbons (Fsp3) is 0.350. The molecule has 0 spiro atoms. The molecule has 1 atom stereocenters. The summed E-state index contributed by atoms with van der Waals surface area (Å²) in [5, 5.41) is 2.79. The molecule has 0 fully saturated rings. The highest BCUT2D eigenvalue weighted by atomic mass is 19.3. The van der Waals surface area contributed by atoms with Gasteiger partial charge in [0.25, 0.3) is 0 Å². The van der Waals surface area contributed by atoms with E-state index in [9.17, 15) is 18.0 Å². The summed E-state index contributed by atoms with van der Waals surface area (Å²) in [6, 6.07) is 9.90. The van der Waals surface area contributed by atoms with Gasteiger partial charge in [-0.05, 0) is 49.2 Å². The van der Waals surface area contributed by atoms with Gasteiger partial charge in [0.1, 0.15) is 5.82 Å². The van der Waals surface area contributed by atoms with Crippen molar-refractivity contribution in [2.24, 2.45) is 0 Å². The molecular formula is C20H23F3N2O3. The number of halogens is 3. The smallest absolute Gasteiger partial charge is 0.387 e. The molecule has 0 aliphatic heterocycles. The van der Waals surface area contributed by atoms with Crippen molar-refractivity contribution in [1.82, 2.24) is 10.2 Å². The number of hydrogen-bond acceptors (Lipinski definition) is 3. The molecule has 2 rings (SSSR count). The third kappa shape index (κ3) is 5.55. The number of nitrogens with zero attached hydrogens (tertiary/aromatic N) is 1. The predicted molar refractivity (Wildman–Crippen MR) is 99.1 cm³/mol. The molecule has 2 aromatic carbocycles. The summed E-state index contributed by atoms with van der Waals surface area (Å²) >= 11 is 0. The molecule has 2 amide bonds. The first kappa shape index (κ1) is 21.4. The molecule has 0 aliphatic rings. The van der Waals surface area contributed by atoms with Crippen molar-refractivity contribution in [3.8, 4) is 11.5 Å². The van der Waals surface area contributed by atoms with E-state index in [1.807, 2.05) is 13.8 Å². The number of ether oxygens (including phenoxy) is 2. The van der Waals surface area contributed by atoms with Gasteiger partial charge in [-0.3, -0.25) is 0 Å². The summed E-state index contributed by atoms with van der Waals surface area (Å²) in [6.45, 7) is 1.38. The number of carbonyl (C=O) groups is 1. The lowest BCUT2D eigenvalue weighted by molar-refractivity contribution is -0.0512. The van der Waals surface area contributed by atoms with Gasteiger partial charge in [-0.15, -0.1) is 0 Å². The fourth-order valence-electron chi connectivity index (χ4n) is 2.81. The topological polar surface area (TPSA) is 50.8 Å². The SMILES string of the molecule is CCN(C(=O)NCc1ccc(OC(F)F)c(OC)c1)C(C)c1ccc(F)cc1. The lowest BCUT2D eigenvalue weighted by Gasteiger charge is -2.28. The Morgan fingerprint density at radius 2 is 1.82 bits per heavy atom. The predicted octanol–water partition coefficient (Wildman–Crippen LogP) is 4.73. The van der Waals surface area contributed by atoms with Gasteiger partial charge >= 0.3 is 12.6 Å². The van der Waals surface area contributed by atoms with Gasteiger partial charge in [0.2, 0.25) is 0 Å². The molecule has 1 unspecified atom stereocenters. The summed E-state index contributed by atoms with van der Waals surface area (Å²) in [5.41, 5.74) is 1.48. The molecule has 0 aliphatic carbocycles. The Bertz CT molecular complexity index is 785. The van der Waals surface area contributed by atoms with Crippen LogP contribution >= 0.6 is 0 Å². The van der Waals surface area contributed by atoms with Crippen molar-refractivity contribution in [2.75, 3.05) is 13.7 Å². The van der Waals surface area contributed by atoms with Gasteiger partial charge in [0.15, 0.2) is 11.5 Å². The summed E-state index contributed by atoms with van der Waals surface area (Å²) < 4.78 is 47.3. The van der Waals surface area contributed by atoms with Gasteiger partial charge < -0.3 is 19.7 Å². The van der Waals surface area contributed by atoms with Crippen LogP contribution in [0.5, 0.6) is 11.5 Å². The Balaban J connectivity index is 2.04. The largest absolute Gasteiger partial charge is 0.493 e. The molecule has 0 bridgehead atoms. The number of alkyl halides is 2. The van der Waals surface area contributed by atoms with Gasteiger partial charge in [-0.25, -0.2) is 9.18 Å². The summed E-state index contributed by atoms with van der Waals surface area (Å²) in [7, 11) is 1.35. The Kier molecular flexibility index (Phi) is 7.54. The van der Waals surface area contributed by atoms with E-state index in [1.165, 1.54) is 31.4 Å². The van der Waals surface area contributed by atoms with E-state index in [4.69, 9.17) is 4.74 Å². The van der Waals surface area contributed by atoms with E-state index in [2.05, 4.69) is 10.1 Å². The number of carbonyl (C=O) groups excluding carboxylic acids is 1. The highest BCUT2D eigenvalue weighted by molar-refractivity contribution is 5.74. The van der Waals surface area contributed by atoms with E-state index in [1.54, 1.807) is 23.1 Å². The maximum absolute atomic E-state index is 13.1. The molecule has 28 heavy (non-hydrogen) atoms. The van der Waals surface area contributed by atoms with E-state index < -0.39 is 6.61 Å². The summed E-state index contributed by atoms with van der Waals surface area (Å²) in [4.78, 5) is 14.2. The average Bonchev–Trinajstić information content (AvgIpc) is 2.67. The zero-order valence-electron chi connectivity index (χ0n) is 15.9. The van der Waals surface area contributed by atoms with Crippen LogP contribution in [0.4, 0.5) is 18.0 Å². The number of rotatable bonds is 8. The van der Waals surface area contributed by atoms with Crippen molar-refractivity contribution in [2.45, 2.75) is 33.0 Å². The van der Waals surface area contributed by atoms with Crippen molar-refractivity contribution < 1.29 is 27.4 Å². The van der Waals surface area contributed by atoms with E-state index in [0.717, 1.165) is 5.56 Å². The zero-order chi connectivity index (χ0) is 20.7. The van der Waals surface area contributed by atoms with Gasteiger partial charge in [-0.1, -0.05) is 18.2 Å². The van der Waals surface area contributed by atoms with Gasteiger partial charge in [0, 0.05) is 13.1 Å². The van der Waals surface area contributed by atoms with Crippen LogP contribution in [0, 0.1) is 5.82 Å². The molecule has 0 aromatic heterocycles.